The molecule has 0 heterocycles. The van der Waals surface area contributed by atoms with Gasteiger partial charge < -0.3 is 20.6 Å². The van der Waals surface area contributed by atoms with Gasteiger partial charge in [-0.3, -0.25) is 4.79 Å². The number of halogens is 1. The number of carbonyl (C=O) groups is 2. The summed E-state index contributed by atoms with van der Waals surface area (Å²) in [6.45, 7) is 0. The zero-order valence-electron chi connectivity index (χ0n) is 10.5. The zero-order valence-corrected chi connectivity index (χ0v) is 10.5. The normalized spacial score (nSPS) is 10.1. The van der Waals surface area contributed by atoms with Gasteiger partial charge in [0.05, 0.1) is 11.3 Å². The lowest BCUT2D eigenvalue weighted by atomic mass is 10.1. The molecule has 2 aromatic carbocycles. The van der Waals surface area contributed by atoms with E-state index in [0.29, 0.717) is 0 Å². The van der Waals surface area contributed by atoms with Crippen LogP contribution in [0.4, 0.5) is 10.1 Å². The first-order valence-corrected chi connectivity index (χ1v) is 5.75. The summed E-state index contributed by atoms with van der Waals surface area (Å²) in [5.74, 6) is -4.04. The van der Waals surface area contributed by atoms with Crippen molar-refractivity contribution in [1.29, 1.82) is 0 Å². The van der Waals surface area contributed by atoms with Crippen LogP contribution in [0.3, 0.4) is 0 Å². The van der Waals surface area contributed by atoms with Crippen LogP contribution in [0.25, 0.3) is 0 Å². The fourth-order valence-corrected chi connectivity index (χ4v) is 1.70. The Kier molecular flexibility index (Phi) is 3.75. The van der Waals surface area contributed by atoms with E-state index in [4.69, 9.17) is 5.11 Å². The molecule has 0 spiro atoms. The number of aromatic hydroxyl groups is 2. The highest BCUT2D eigenvalue weighted by Crippen LogP contribution is 2.28. The van der Waals surface area contributed by atoms with E-state index in [-0.39, 0.29) is 11.3 Å². The summed E-state index contributed by atoms with van der Waals surface area (Å²) in [4.78, 5) is 22.8. The van der Waals surface area contributed by atoms with Gasteiger partial charge in [-0.25, -0.2) is 9.18 Å². The van der Waals surface area contributed by atoms with Crippen molar-refractivity contribution < 1.29 is 29.3 Å². The second-order valence-corrected chi connectivity index (χ2v) is 4.12. The molecule has 4 N–H and O–H groups in total. The number of phenolic OH excluding ortho intramolecular Hbond substituents is 1. The van der Waals surface area contributed by atoms with Crippen molar-refractivity contribution in [3.05, 3.63) is 53.3 Å². The predicted molar refractivity (Wildman–Crippen MR) is 71.1 cm³/mol. The first kappa shape index (κ1) is 14.3. The van der Waals surface area contributed by atoms with Crippen LogP contribution in [0.15, 0.2) is 36.4 Å². The number of hydrogen-bond donors (Lipinski definition) is 4. The Morgan fingerprint density at radius 1 is 1.05 bits per heavy atom. The zero-order chi connectivity index (χ0) is 15.6. The van der Waals surface area contributed by atoms with Crippen LogP contribution in [0.1, 0.15) is 20.7 Å². The fourth-order valence-electron chi connectivity index (χ4n) is 1.70. The third-order valence-corrected chi connectivity index (χ3v) is 2.72. The molecule has 0 fully saturated rings. The molecule has 0 aliphatic heterocycles. The molecule has 0 unspecified atom stereocenters. The average molecular weight is 291 g/mol. The highest BCUT2D eigenvalue weighted by atomic mass is 19.1. The van der Waals surface area contributed by atoms with E-state index < -0.39 is 34.8 Å². The van der Waals surface area contributed by atoms with Crippen LogP contribution in [-0.4, -0.2) is 27.2 Å². The van der Waals surface area contributed by atoms with E-state index >= 15 is 0 Å². The van der Waals surface area contributed by atoms with Gasteiger partial charge in [-0.2, -0.15) is 0 Å². The number of para-hydroxylation sites is 1. The molecule has 108 valence electrons. The molecule has 7 heteroatoms. The number of nitrogens with one attached hydrogen (secondary N) is 1. The molecule has 2 rings (SSSR count). The van der Waals surface area contributed by atoms with Gasteiger partial charge in [0.1, 0.15) is 17.1 Å². The summed E-state index contributed by atoms with van der Waals surface area (Å²) >= 11 is 0. The molecular formula is C14H10FNO5. The Morgan fingerprint density at radius 3 is 2.43 bits per heavy atom. The standard InChI is InChI=1S/C14H10FNO5/c15-7-4-5-11(17)9(6-7)13(19)16-10-3-1-2-8(12(10)18)14(20)21/h1-6,17-18H,(H,16,19)(H,20,21). The third-order valence-electron chi connectivity index (χ3n) is 2.72. The monoisotopic (exact) mass is 291 g/mol. The molecule has 0 saturated carbocycles. The number of phenols is 2. The van der Waals surface area contributed by atoms with Crippen molar-refractivity contribution in [2.45, 2.75) is 0 Å². The van der Waals surface area contributed by atoms with Crippen molar-refractivity contribution in [3.8, 4) is 11.5 Å². The van der Waals surface area contributed by atoms with Crippen molar-refractivity contribution in [2.75, 3.05) is 5.32 Å². The molecule has 6 nitrogen and oxygen atoms in total. The maximum Gasteiger partial charge on any atom is 0.339 e. The van der Waals surface area contributed by atoms with Crippen LogP contribution in [-0.2, 0) is 0 Å². The van der Waals surface area contributed by atoms with Gasteiger partial charge in [0.25, 0.3) is 5.91 Å². The van der Waals surface area contributed by atoms with Gasteiger partial charge in [-0.1, -0.05) is 6.07 Å². The molecule has 0 aliphatic carbocycles. The summed E-state index contributed by atoms with van der Waals surface area (Å²) in [7, 11) is 0. The lowest BCUT2D eigenvalue weighted by Crippen LogP contribution is -2.13. The van der Waals surface area contributed by atoms with Gasteiger partial charge in [0.2, 0.25) is 0 Å². The Hall–Kier alpha value is -3.09. The molecule has 0 aromatic heterocycles. The summed E-state index contributed by atoms with van der Waals surface area (Å²) in [6, 6.07) is 6.57. The first-order valence-electron chi connectivity index (χ1n) is 5.75. The molecule has 0 radical (unpaired) electrons. The van der Waals surface area contributed by atoms with Crippen LogP contribution in [0, 0.1) is 5.82 Å². The molecule has 0 saturated heterocycles. The van der Waals surface area contributed by atoms with E-state index in [0.717, 1.165) is 24.3 Å². The number of rotatable bonds is 3. The van der Waals surface area contributed by atoms with Crippen molar-refractivity contribution in [2.24, 2.45) is 0 Å². The Balaban J connectivity index is 2.34. The number of carboxylic acid groups (broad SMARTS) is 1. The summed E-state index contributed by atoms with van der Waals surface area (Å²) in [5.41, 5.74) is -0.894. The van der Waals surface area contributed by atoms with Crippen LogP contribution < -0.4 is 5.32 Å². The molecule has 0 bridgehead atoms. The minimum atomic E-state index is -1.36. The van der Waals surface area contributed by atoms with E-state index in [1.807, 2.05) is 0 Å². The quantitative estimate of drug-likeness (QED) is 0.648. The number of benzene rings is 2. The summed E-state index contributed by atoms with van der Waals surface area (Å²) in [6.07, 6.45) is 0. The number of carbonyl (C=O) groups excluding carboxylic acids is 1. The van der Waals surface area contributed by atoms with Gasteiger partial charge >= 0.3 is 5.97 Å². The van der Waals surface area contributed by atoms with Crippen molar-refractivity contribution >= 4 is 17.6 Å². The smallest absolute Gasteiger partial charge is 0.339 e. The fraction of sp³-hybridized carbons (Fsp3) is 0. The van der Waals surface area contributed by atoms with Gasteiger partial charge in [-0.05, 0) is 30.3 Å². The van der Waals surface area contributed by atoms with Crippen molar-refractivity contribution in [3.63, 3.8) is 0 Å². The van der Waals surface area contributed by atoms with Gasteiger partial charge in [0.15, 0.2) is 5.75 Å². The van der Waals surface area contributed by atoms with E-state index in [2.05, 4.69) is 5.32 Å². The number of carboxylic acids is 1. The predicted octanol–water partition coefficient (Wildman–Crippen LogP) is 2.19. The minimum absolute atomic E-state index is 0.163. The Labute approximate surface area is 118 Å². The Morgan fingerprint density at radius 2 is 1.76 bits per heavy atom. The van der Waals surface area contributed by atoms with Crippen molar-refractivity contribution in [1.82, 2.24) is 0 Å². The number of anilines is 1. The second-order valence-electron chi connectivity index (χ2n) is 4.12. The van der Waals surface area contributed by atoms with Crippen LogP contribution >= 0.6 is 0 Å². The first-order chi connectivity index (χ1) is 9.90. The van der Waals surface area contributed by atoms with Crippen LogP contribution in [0.2, 0.25) is 0 Å². The summed E-state index contributed by atoms with van der Waals surface area (Å²) in [5, 5.41) is 30.3. The molecule has 0 atom stereocenters. The lowest BCUT2D eigenvalue weighted by molar-refractivity contribution is 0.0693. The third kappa shape index (κ3) is 2.92. The van der Waals surface area contributed by atoms with E-state index in [1.165, 1.54) is 12.1 Å². The molecular weight excluding hydrogens is 281 g/mol. The number of aromatic carboxylic acids is 1. The summed E-state index contributed by atoms with van der Waals surface area (Å²) < 4.78 is 13.1. The maximum absolute atomic E-state index is 13.1. The maximum atomic E-state index is 13.1. The van der Waals surface area contributed by atoms with Gasteiger partial charge in [-0.15, -0.1) is 0 Å². The Bertz CT molecular complexity index is 729. The topological polar surface area (TPSA) is 107 Å². The van der Waals surface area contributed by atoms with Crippen LogP contribution in [0.5, 0.6) is 11.5 Å². The lowest BCUT2D eigenvalue weighted by Gasteiger charge is -2.10. The minimum Gasteiger partial charge on any atom is -0.507 e. The largest absolute Gasteiger partial charge is 0.507 e. The molecule has 2 aromatic rings. The molecule has 1 amide bonds. The number of amides is 1. The average Bonchev–Trinajstić information content (AvgIpc) is 2.43. The highest BCUT2D eigenvalue weighted by Gasteiger charge is 2.17. The molecule has 21 heavy (non-hydrogen) atoms. The highest BCUT2D eigenvalue weighted by molar-refractivity contribution is 6.07. The molecule has 0 aliphatic rings. The van der Waals surface area contributed by atoms with E-state index in [9.17, 15) is 24.2 Å². The number of hydrogen-bond acceptors (Lipinski definition) is 4. The van der Waals surface area contributed by atoms with Gasteiger partial charge in [0, 0.05) is 0 Å². The second kappa shape index (κ2) is 5.49. The SMILES string of the molecule is O=C(Nc1cccc(C(=O)O)c1O)c1cc(F)ccc1O. The van der Waals surface area contributed by atoms with E-state index in [1.54, 1.807) is 0 Å².